The summed E-state index contributed by atoms with van der Waals surface area (Å²) in [5.41, 5.74) is 3.75. The van der Waals surface area contributed by atoms with Gasteiger partial charge < -0.3 is 9.64 Å². The first-order chi connectivity index (χ1) is 12.7. The number of aryl methyl sites for hydroxylation is 2. The number of hydrogen-bond donors (Lipinski definition) is 0. The predicted octanol–water partition coefficient (Wildman–Crippen LogP) is 4.54. The number of carbonyl (C=O) groups excluding carboxylic acids is 1. The number of rotatable bonds is 5. The van der Waals surface area contributed by atoms with E-state index in [9.17, 15) is 4.79 Å². The third-order valence-corrected chi connectivity index (χ3v) is 5.14. The number of benzene rings is 1. The van der Waals surface area contributed by atoms with Crippen LogP contribution in [0.15, 0.2) is 42.6 Å². The molecule has 2 aromatic rings. The van der Waals surface area contributed by atoms with Crippen molar-refractivity contribution in [3.05, 3.63) is 53.9 Å². The summed E-state index contributed by atoms with van der Waals surface area (Å²) < 4.78 is 7.27. The highest BCUT2D eigenvalue weighted by Gasteiger charge is 2.31. The Bertz CT molecular complexity index is 739. The number of piperidine rings is 1. The van der Waals surface area contributed by atoms with Crippen molar-refractivity contribution in [2.75, 3.05) is 29.6 Å². The van der Waals surface area contributed by atoms with Gasteiger partial charge >= 0.3 is 6.09 Å². The minimum absolute atomic E-state index is 0. The van der Waals surface area contributed by atoms with Gasteiger partial charge in [-0.1, -0.05) is 25.1 Å². The molecule has 0 N–H and O–H groups in total. The van der Waals surface area contributed by atoms with Gasteiger partial charge in [0, 0.05) is 30.7 Å². The predicted molar refractivity (Wildman–Crippen MR) is 113 cm³/mol. The van der Waals surface area contributed by atoms with E-state index in [0.29, 0.717) is 6.61 Å². The van der Waals surface area contributed by atoms with Gasteiger partial charge in [0.15, 0.2) is 0 Å². The molecular weight excluding hydrogens is 362 g/mol. The van der Waals surface area contributed by atoms with Crippen molar-refractivity contribution >= 4 is 24.2 Å². The van der Waals surface area contributed by atoms with E-state index in [4.69, 9.17) is 4.74 Å². The summed E-state index contributed by atoms with van der Waals surface area (Å²) in [7, 11) is 0. The third-order valence-electron chi connectivity index (χ3n) is 5.14. The summed E-state index contributed by atoms with van der Waals surface area (Å²) >= 11 is 0. The van der Waals surface area contributed by atoms with Crippen molar-refractivity contribution < 1.29 is 9.53 Å². The molecule has 3 rings (SSSR count). The van der Waals surface area contributed by atoms with E-state index in [1.165, 1.54) is 11.3 Å². The Morgan fingerprint density at radius 2 is 1.85 bits per heavy atom. The molecule has 1 aliphatic heterocycles. The van der Waals surface area contributed by atoms with E-state index in [2.05, 4.69) is 36.1 Å². The highest BCUT2D eigenvalue weighted by molar-refractivity contribution is 5.85. The molecule has 1 amide bonds. The van der Waals surface area contributed by atoms with E-state index in [0.717, 1.165) is 38.0 Å². The van der Waals surface area contributed by atoms with Crippen LogP contribution in [0.2, 0.25) is 0 Å². The second-order valence-corrected chi connectivity index (χ2v) is 6.74. The van der Waals surface area contributed by atoms with Crippen molar-refractivity contribution in [3.63, 3.8) is 0 Å². The lowest BCUT2D eigenvalue weighted by Crippen LogP contribution is -2.53. The number of carbonyl (C=O) groups is 1. The molecule has 0 unspecified atom stereocenters. The normalized spacial score (nSPS) is 14.6. The molecule has 0 aliphatic carbocycles. The van der Waals surface area contributed by atoms with Gasteiger partial charge in [-0.3, -0.25) is 4.68 Å². The van der Waals surface area contributed by atoms with Gasteiger partial charge in [0.2, 0.25) is 0 Å². The van der Waals surface area contributed by atoms with Crippen LogP contribution in [0.5, 0.6) is 0 Å². The van der Waals surface area contributed by atoms with E-state index >= 15 is 0 Å². The maximum absolute atomic E-state index is 12.6. The highest BCUT2D eigenvalue weighted by atomic mass is 35.5. The molecule has 27 heavy (non-hydrogen) atoms. The first-order valence-corrected chi connectivity index (χ1v) is 9.58. The number of aromatic nitrogens is 1. The maximum Gasteiger partial charge on any atom is 0.429 e. The van der Waals surface area contributed by atoms with Crippen LogP contribution in [0.25, 0.3) is 0 Å². The number of hydrogen-bond acceptors (Lipinski definition) is 3. The molecule has 2 heterocycles. The Labute approximate surface area is 168 Å². The Hall–Kier alpha value is -2.14. The standard InChI is InChI=1S/C21H29N3O2.ClH/c1-4-18-10-6-7-11-20(18)22-15-12-19(13-16-22)24(21(25)26-5-2)23-14-8-9-17(23)3;/h6-11,14,19H,4-5,12-13,15-16H2,1-3H3;1H. The summed E-state index contributed by atoms with van der Waals surface area (Å²) in [6, 6.07) is 12.7. The summed E-state index contributed by atoms with van der Waals surface area (Å²) in [5.74, 6) is 0. The second-order valence-electron chi connectivity index (χ2n) is 6.74. The molecule has 1 aromatic heterocycles. The van der Waals surface area contributed by atoms with Gasteiger partial charge in [0.1, 0.15) is 0 Å². The Balaban J connectivity index is 0.00000261. The monoisotopic (exact) mass is 391 g/mol. The average Bonchev–Trinajstić information content (AvgIpc) is 3.08. The van der Waals surface area contributed by atoms with Gasteiger partial charge in [-0.15, -0.1) is 12.4 Å². The molecule has 0 radical (unpaired) electrons. The third kappa shape index (κ3) is 4.59. The van der Waals surface area contributed by atoms with Crippen LogP contribution in [0.4, 0.5) is 10.5 Å². The van der Waals surface area contributed by atoms with Gasteiger partial charge in [0.25, 0.3) is 0 Å². The topological polar surface area (TPSA) is 37.7 Å². The van der Waals surface area contributed by atoms with Gasteiger partial charge in [-0.05, 0) is 56.9 Å². The first-order valence-electron chi connectivity index (χ1n) is 9.58. The lowest BCUT2D eigenvalue weighted by molar-refractivity contribution is 0.146. The molecule has 1 aliphatic rings. The highest BCUT2D eigenvalue weighted by Crippen LogP contribution is 2.26. The number of amides is 1. The van der Waals surface area contributed by atoms with Crippen LogP contribution in [-0.2, 0) is 11.2 Å². The Kier molecular flexibility index (Phi) is 7.60. The van der Waals surface area contributed by atoms with Gasteiger partial charge in [0.05, 0.1) is 12.6 Å². The van der Waals surface area contributed by atoms with E-state index in [1.54, 1.807) is 5.01 Å². The van der Waals surface area contributed by atoms with Crippen molar-refractivity contribution in [1.29, 1.82) is 0 Å². The summed E-state index contributed by atoms with van der Waals surface area (Å²) in [6.45, 7) is 8.33. The Morgan fingerprint density at radius 1 is 1.15 bits per heavy atom. The number of nitrogens with zero attached hydrogens (tertiary/aromatic N) is 3. The molecule has 0 atom stereocenters. The number of anilines is 1. The summed E-state index contributed by atoms with van der Waals surface area (Å²) in [4.78, 5) is 15.1. The fourth-order valence-electron chi connectivity index (χ4n) is 3.77. The largest absolute Gasteiger partial charge is 0.448 e. The molecule has 1 fully saturated rings. The van der Waals surface area contributed by atoms with Crippen molar-refractivity contribution in [3.8, 4) is 0 Å². The zero-order valence-corrected chi connectivity index (χ0v) is 17.2. The first kappa shape index (κ1) is 21.2. The lowest BCUT2D eigenvalue weighted by Gasteiger charge is -2.40. The van der Waals surface area contributed by atoms with Crippen molar-refractivity contribution in [2.45, 2.75) is 46.1 Å². The van der Waals surface area contributed by atoms with Crippen LogP contribution in [-0.4, -0.2) is 36.5 Å². The van der Waals surface area contributed by atoms with Gasteiger partial charge in [-0.2, -0.15) is 0 Å². The van der Waals surface area contributed by atoms with Crippen LogP contribution in [0.1, 0.15) is 37.9 Å². The lowest BCUT2D eigenvalue weighted by atomic mass is 10.0. The van der Waals surface area contributed by atoms with Crippen LogP contribution in [0, 0.1) is 6.92 Å². The Morgan fingerprint density at radius 3 is 2.44 bits per heavy atom. The molecule has 1 aromatic carbocycles. The molecule has 0 spiro atoms. The molecule has 5 nitrogen and oxygen atoms in total. The average molecular weight is 392 g/mol. The summed E-state index contributed by atoms with van der Waals surface area (Å²) in [6.07, 6.45) is 4.56. The number of para-hydroxylation sites is 1. The van der Waals surface area contributed by atoms with Gasteiger partial charge in [-0.25, -0.2) is 9.80 Å². The SMILES string of the molecule is CCOC(=O)N(C1CCN(c2ccccc2CC)CC1)n1cccc1C.Cl. The second kappa shape index (κ2) is 9.70. The van der Waals surface area contributed by atoms with Crippen LogP contribution >= 0.6 is 12.4 Å². The zero-order chi connectivity index (χ0) is 18.5. The van der Waals surface area contributed by atoms with Crippen LogP contribution < -0.4 is 9.91 Å². The molecule has 0 saturated carbocycles. The molecule has 6 heteroatoms. The van der Waals surface area contributed by atoms with E-state index in [-0.39, 0.29) is 24.5 Å². The number of halogens is 1. The smallest absolute Gasteiger partial charge is 0.429 e. The minimum Gasteiger partial charge on any atom is -0.448 e. The minimum atomic E-state index is -0.265. The van der Waals surface area contributed by atoms with E-state index < -0.39 is 0 Å². The van der Waals surface area contributed by atoms with Crippen LogP contribution in [0.3, 0.4) is 0 Å². The molecular formula is C21H30ClN3O2. The molecule has 148 valence electrons. The molecule has 1 saturated heterocycles. The fourth-order valence-corrected chi connectivity index (χ4v) is 3.77. The van der Waals surface area contributed by atoms with E-state index in [1.807, 2.05) is 36.9 Å². The van der Waals surface area contributed by atoms with Crippen molar-refractivity contribution in [1.82, 2.24) is 4.68 Å². The molecule has 0 bridgehead atoms. The maximum atomic E-state index is 12.6. The summed E-state index contributed by atoms with van der Waals surface area (Å²) in [5, 5.41) is 1.79. The van der Waals surface area contributed by atoms with Crippen molar-refractivity contribution in [2.24, 2.45) is 0 Å². The quantitative estimate of drug-likeness (QED) is 0.750. The zero-order valence-electron chi connectivity index (χ0n) is 16.4. The number of ether oxygens (including phenoxy) is 1. The fraction of sp³-hybridized carbons (Fsp3) is 0.476.